The van der Waals surface area contributed by atoms with Gasteiger partial charge in [0.25, 0.3) is 5.91 Å². The monoisotopic (exact) mass is 428 g/mol. The number of nitrogens with zero attached hydrogens (tertiary/aromatic N) is 4. The lowest BCUT2D eigenvalue weighted by Crippen LogP contribution is -2.44. The Morgan fingerprint density at radius 3 is 2.66 bits per heavy atom. The summed E-state index contributed by atoms with van der Waals surface area (Å²) in [6.45, 7) is 6.22. The Morgan fingerprint density at radius 1 is 1.21 bits per heavy atom. The molecule has 1 fully saturated rings. The summed E-state index contributed by atoms with van der Waals surface area (Å²) in [4.78, 5) is 28.7. The molecule has 3 aromatic rings. The summed E-state index contributed by atoms with van der Waals surface area (Å²) in [7, 11) is 0. The fourth-order valence-electron chi connectivity index (χ4n) is 3.58. The number of amides is 1. The van der Waals surface area contributed by atoms with E-state index in [2.05, 4.69) is 21.9 Å². The van der Waals surface area contributed by atoms with Crippen molar-refractivity contribution in [2.75, 3.05) is 6.54 Å². The van der Waals surface area contributed by atoms with Crippen LogP contribution in [0.4, 0.5) is 0 Å². The molecule has 0 saturated carbocycles. The largest absolute Gasteiger partial charge is 0.384 e. The highest BCUT2D eigenvalue weighted by Gasteiger charge is 2.34. The molecule has 0 bridgehead atoms. The molecule has 0 aromatic carbocycles. The first kappa shape index (κ1) is 20.1. The van der Waals surface area contributed by atoms with Gasteiger partial charge in [0.1, 0.15) is 5.60 Å². The molecule has 0 aliphatic carbocycles. The van der Waals surface area contributed by atoms with Gasteiger partial charge in [-0.3, -0.25) is 4.79 Å². The summed E-state index contributed by atoms with van der Waals surface area (Å²) in [6, 6.07) is 1.93. The van der Waals surface area contributed by atoms with E-state index in [4.69, 9.17) is 0 Å². The molecule has 0 spiro atoms. The van der Waals surface area contributed by atoms with Crippen LogP contribution in [0.2, 0.25) is 0 Å². The van der Waals surface area contributed by atoms with Gasteiger partial charge in [-0.25, -0.2) is 15.0 Å². The zero-order valence-corrected chi connectivity index (χ0v) is 18.3. The van der Waals surface area contributed by atoms with E-state index in [-0.39, 0.29) is 17.9 Å². The van der Waals surface area contributed by atoms with E-state index < -0.39 is 5.60 Å². The molecule has 0 radical (unpaired) electrons. The highest BCUT2D eigenvalue weighted by atomic mass is 32.1. The number of thiazole rings is 1. The summed E-state index contributed by atoms with van der Waals surface area (Å²) in [6.07, 6.45) is 5.30. The van der Waals surface area contributed by atoms with Crippen molar-refractivity contribution in [1.82, 2.24) is 19.9 Å². The van der Waals surface area contributed by atoms with E-state index in [1.807, 2.05) is 21.0 Å². The van der Waals surface area contributed by atoms with Crippen LogP contribution in [-0.2, 0) is 5.60 Å². The van der Waals surface area contributed by atoms with E-state index in [0.717, 1.165) is 23.4 Å². The Kier molecular flexibility index (Phi) is 5.50. The maximum atomic E-state index is 13.4. The molecule has 8 heteroatoms. The van der Waals surface area contributed by atoms with Crippen LogP contribution in [0.5, 0.6) is 0 Å². The van der Waals surface area contributed by atoms with Gasteiger partial charge in [0, 0.05) is 52.6 Å². The SMILES string of the molecule is CC1CCC(c2nc(C(C)(C)O)cs2)CN1C(=O)c1cscc1-c1ncccn1. The maximum absolute atomic E-state index is 13.4. The third kappa shape index (κ3) is 4.10. The zero-order chi connectivity index (χ0) is 20.6. The number of thiophene rings is 1. The van der Waals surface area contributed by atoms with Crippen molar-refractivity contribution >= 4 is 28.6 Å². The van der Waals surface area contributed by atoms with Crippen LogP contribution in [0, 0.1) is 0 Å². The van der Waals surface area contributed by atoms with E-state index in [1.165, 1.54) is 11.3 Å². The van der Waals surface area contributed by atoms with Crippen molar-refractivity contribution in [2.24, 2.45) is 0 Å². The lowest BCUT2D eigenvalue weighted by Gasteiger charge is -2.37. The first-order valence-electron chi connectivity index (χ1n) is 9.67. The molecule has 1 N–H and O–H groups in total. The maximum Gasteiger partial charge on any atom is 0.255 e. The number of hydrogen-bond acceptors (Lipinski definition) is 7. The minimum absolute atomic E-state index is 0.0187. The standard InChI is InChI=1S/C21H24N4O2S2/c1-13-5-6-14(19-24-17(12-29-19)21(2,3)27)9-25(13)20(26)16-11-28-10-15(16)18-22-7-4-8-23-18/h4,7-8,10-14,27H,5-6,9H2,1-3H3. The van der Waals surface area contributed by atoms with Crippen molar-refractivity contribution in [2.45, 2.75) is 51.2 Å². The van der Waals surface area contributed by atoms with Gasteiger partial charge in [-0.15, -0.1) is 11.3 Å². The van der Waals surface area contributed by atoms with Gasteiger partial charge >= 0.3 is 0 Å². The average Bonchev–Trinajstić information content (AvgIpc) is 3.38. The second-order valence-corrected chi connectivity index (χ2v) is 9.62. The number of piperidine rings is 1. The zero-order valence-electron chi connectivity index (χ0n) is 16.7. The molecule has 4 rings (SSSR count). The van der Waals surface area contributed by atoms with E-state index in [9.17, 15) is 9.90 Å². The number of rotatable bonds is 4. The average molecular weight is 429 g/mol. The van der Waals surface area contributed by atoms with Crippen LogP contribution in [0.3, 0.4) is 0 Å². The van der Waals surface area contributed by atoms with Gasteiger partial charge < -0.3 is 10.0 Å². The number of carbonyl (C=O) groups is 1. The molecular weight excluding hydrogens is 404 g/mol. The molecule has 4 heterocycles. The first-order valence-corrected chi connectivity index (χ1v) is 11.5. The van der Waals surface area contributed by atoms with Crippen LogP contribution in [-0.4, -0.2) is 43.5 Å². The summed E-state index contributed by atoms with van der Waals surface area (Å²) in [5, 5.41) is 16.9. The lowest BCUT2D eigenvalue weighted by molar-refractivity contribution is 0.0606. The molecule has 2 unspecified atom stereocenters. The van der Waals surface area contributed by atoms with E-state index in [0.29, 0.717) is 23.6 Å². The Balaban J connectivity index is 1.58. The van der Waals surface area contributed by atoms with Gasteiger partial charge in [-0.05, 0) is 39.7 Å². The number of likely N-dealkylation sites (tertiary alicyclic amines) is 1. The smallest absolute Gasteiger partial charge is 0.255 e. The predicted molar refractivity (Wildman–Crippen MR) is 115 cm³/mol. The third-order valence-corrected chi connectivity index (χ3v) is 7.09. The molecule has 6 nitrogen and oxygen atoms in total. The molecule has 3 aromatic heterocycles. The fraction of sp³-hybridized carbons (Fsp3) is 0.429. The van der Waals surface area contributed by atoms with Gasteiger partial charge in [0.15, 0.2) is 5.82 Å². The number of hydrogen-bond donors (Lipinski definition) is 1. The Morgan fingerprint density at radius 2 is 1.97 bits per heavy atom. The number of aliphatic hydroxyl groups is 1. The fourth-order valence-corrected chi connectivity index (χ4v) is 5.49. The molecule has 1 saturated heterocycles. The highest BCUT2D eigenvalue weighted by molar-refractivity contribution is 7.09. The minimum Gasteiger partial charge on any atom is -0.384 e. The molecule has 1 amide bonds. The van der Waals surface area contributed by atoms with Crippen molar-refractivity contribution < 1.29 is 9.90 Å². The summed E-state index contributed by atoms with van der Waals surface area (Å²) in [5.41, 5.74) is 1.18. The van der Waals surface area contributed by atoms with Crippen LogP contribution in [0.15, 0.2) is 34.6 Å². The predicted octanol–water partition coefficient (Wildman–Crippen LogP) is 4.30. The highest BCUT2D eigenvalue weighted by Crippen LogP contribution is 2.35. The van der Waals surface area contributed by atoms with Gasteiger partial charge in [0.2, 0.25) is 0 Å². The molecule has 1 aliphatic rings. The normalized spacial score (nSPS) is 20.1. The minimum atomic E-state index is -0.951. The third-order valence-electron chi connectivity index (χ3n) is 5.34. The van der Waals surface area contributed by atoms with Crippen LogP contribution < -0.4 is 0 Å². The van der Waals surface area contributed by atoms with E-state index in [1.54, 1.807) is 43.6 Å². The Labute approximate surface area is 178 Å². The molecular formula is C21H24N4O2S2. The van der Waals surface area contributed by atoms with Crippen molar-refractivity contribution in [3.8, 4) is 11.4 Å². The van der Waals surface area contributed by atoms with Crippen molar-refractivity contribution in [3.63, 3.8) is 0 Å². The van der Waals surface area contributed by atoms with Crippen LogP contribution in [0.25, 0.3) is 11.4 Å². The summed E-state index contributed by atoms with van der Waals surface area (Å²) >= 11 is 3.06. The van der Waals surface area contributed by atoms with Crippen molar-refractivity contribution in [1.29, 1.82) is 0 Å². The van der Waals surface area contributed by atoms with Gasteiger partial charge in [-0.1, -0.05) is 0 Å². The van der Waals surface area contributed by atoms with Crippen LogP contribution in [0.1, 0.15) is 60.6 Å². The Bertz CT molecular complexity index is 994. The van der Waals surface area contributed by atoms with Gasteiger partial charge in [-0.2, -0.15) is 11.3 Å². The lowest BCUT2D eigenvalue weighted by atomic mass is 9.93. The second-order valence-electron chi connectivity index (χ2n) is 7.98. The Hall–Kier alpha value is -2.16. The number of carbonyl (C=O) groups excluding carboxylic acids is 1. The van der Waals surface area contributed by atoms with Crippen LogP contribution >= 0.6 is 22.7 Å². The quantitative estimate of drug-likeness (QED) is 0.670. The number of aromatic nitrogens is 3. The first-order chi connectivity index (χ1) is 13.8. The van der Waals surface area contributed by atoms with Gasteiger partial charge in [0.05, 0.1) is 16.3 Å². The molecule has 1 aliphatic heterocycles. The second kappa shape index (κ2) is 7.93. The molecule has 29 heavy (non-hydrogen) atoms. The van der Waals surface area contributed by atoms with Crippen molar-refractivity contribution in [3.05, 3.63) is 50.9 Å². The summed E-state index contributed by atoms with van der Waals surface area (Å²) < 4.78 is 0. The summed E-state index contributed by atoms with van der Waals surface area (Å²) in [5.74, 6) is 0.782. The molecule has 2 atom stereocenters. The van der Waals surface area contributed by atoms with E-state index >= 15 is 0 Å². The molecule has 152 valence electrons. The topological polar surface area (TPSA) is 79.2 Å².